The predicted molar refractivity (Wildman–Crippen MR) is 132 cm³/mol. The van der Waals surface area contributed by atoms with E-state index < -0.39 is 10.0 Å². The number of hydrogen-bond acceptors (Lipinski definition) is 3. The molecule has 0 heterocycles. The number of aryl methyl sites for hydroxylation is 1. The molecule has 0 aromatic heterocycles. The average Bonchev–Trinajstić information content (AvgIpc) is 3.66. The average molecular weight is 473 g/mol. The molecule has 2 N–H and O–H groups in total. The SMILES string of the molecule is Cc1ccc(S(=O)(=O)NC2CC2)cc1C(=O)NCC1CC2c3ccccc3C1c1ccccc12. The van der Waals surface area contributed by atoms with Crippen LogP contribution in [-0.4, -0.2) is 26.9 Å². The van der Waals surface area contributed by atoms with Gasteiger partial charge in [0.15, 0.2) is 0 Å². The number of nitrogens with one attached hydrogen (secondary N) is 2. The van der Waals surface area contributed by atoms with Gasteiger partial charge in [0.05, 0.1) is 4.90 Å². The summed E-state index contributed by atoms with van der Waals surface area (Å²) in [5, 5.41) is 3.13. The van der Waals surface area contributed by atoms with Gasteiger partial charge in [0.2, 0.25) is 10.0 Å². The van der Waals surface area contributed by atoms with Crippen LogP contribution in [0.3, 0.4) is 0 Å². The summed E-state index contributed by atoms with van der Waals surface area (Å²) >= 11 is 0. The summed E-state index contributed by atoms with van der Waals surface area (Å²) in [4.78, 5) is 13.3. The maximum Gasteiger partial charge on any atom is 0.251 e. The lowest BCUT2D eigenvalue weighted by Crippen LogP contribution is -2.39. The third-order valence-electron chi connectivity index (χ3n) is 7.61. The van der Waals surface area contributed by atoms with Crippen LogP contribution in [0.1, 0.15) is 69.3 Å². The van der Waals surface area contributed by atoms with Gasteiger partial charge in [-0.15, -0.1) is 0 Å². The van der Waals surface area contributed by atoms with E-state index in [4.69, 9.17) is 0 Å². The highest BCUT2D eigenvalue weighted by molar-refractivity contribution is 7.89. The first-order valence-corrected chi connectivity index (χ1v) is 13.5. The Balaban J connectivity index is 1.24. The first-order chi connectivity index (χ1) is 16.4. The molecular formula is C28H28N2O3S. The van der Waals surface area contributed by atoms with Crippen LogP contribution < -0.4 is 10.0 Å². The lowest BCUT2D eigenvalue weighted by molar-refractivity contribution is 0.0942. The Bertz CT molecular complexity index is 1350. The lowest BCUT2D eigenvalue weighted by atomic mass is 9.59. The van der Waals surface area contributed by atoms with Crippen molar-refractivity contribution in [1.82, 2.24) is 10.0 Å². The molecule has 1 atom stereocenters. The number of carbonyl (C=O) groups is 1. The van der Waals surface area contributed by atoms with Crippen LogP contribution >= 0.6 is 0 Å². The van der Waals surface area contributed by atoms with Gasteiger partial charge < -0.3 is 5.32 Å². The molecule has 1 unspecified atom stereocenters. The molecule has 174 valence electrons. The molecular weight excluding hydrogens is 444 g/mol. The van der Waals surface area contributed by atoms with Crippen LogP contribution in [0, 0.1) is 12.8 Å². The summed E-state index contributed by atoms with van der Waals surface area (Å²) in [7, 11) is -3.61. The predicted octanol–water partition coefficient (Wildman–Crippen LogP) is 4.46. The standard InChI is InChI=1S/C28H28N2O3S/c1-17-10-13-20(34(32,33)30-19-11-12-19)15-25(17)28(31)29-16-18-14-26-21-6-2-4-8-23(21)27(18)24-9-5-3-7-22(24)26/h2-10,13,15,18-19,26-27,30H,11-12,14,16H2,1H3,(H,29,31). The van der Waals surface area contributed by atoms with Gasteiger partial charge in [0, 0.05) is 30.0 Å². The van der Waals surface area contributed by atoms with Crippen molar-refractivity contribution in [2.24, 2.45) is 5.92 Å². The van der Waals surface area contributed by atoms with Crippen LogP contribution in [0.5, 0.6) is 0 Å². The Morgan fingerprint density at radius 2 is 1.53 bits per heavy atom. The minimum absolute atomic E-state index is 0.0241. The van der Waals surface area contributed by atoms with E-state index in [0.29, 0.717) is 23.9 Å². The van der Waals surface area contributed by atoms with Crippen LogP contribution in [0.4, 0.5) is 0 Å². The Labute approximate surface area is 200 Å². The fraction of sp³-hybridized carbons (Fsp3) is 0.321. The van der Waals surface area contributed by atoms with Crippen molar-refractivity contribution in [3.8, 4) is 0 Å². The molecule has 1 saturated carbocycles. The molecule has 1 fully saturated rings. The van der Waals surface area contributed by atoms with Crippen molar-refractivity contribution in [3.05, 3.63) is 100 Å². The monoisotopic (exact) mass is 472 g/mol. The second kappa shape index (κ2) is 8.07. The highest BCUT2D eigenvalue weighted by Gasteiger charge is 2.43. The topological polar surface area (TPSA) is 75.3 Å². The third-order valence-corrected chi connectivity index (χ3v) is 9.13. The Morgan fingerprint density at radius 1 is 0.912 bits per heavy atom. The first kappa shape index (κ1) is 21.6. The molecule has 7 rings (SSSR count). The van der Waals surface area contributed by atoms with Crippen LogP contribution in [0.2, 0.25) is 0 Å². The van der Waals surface area contributed by atoms with Crippen molar-refractivity contribution in [2.45, 2.75) is 49.0 Å². The molecule has 3 aromatic rings. The zero-order valence-electron chi connectivity index (χ0n) is 19.1. The number of carbonyl (C=O) groups excluding carboxylic acids is 1. The third kappa shape index (κ3) is 3.65. The summed E-state index contributed by atoms with van der Waals surface area (Å²) in [6, 6.07) is 22.2. The largest absolute Gasteiger partial charge is 0.352 e. The molecule has 5 nitrogen and oxygen atoms in total. The van der Waals surface area contributed by atoms with Gasteiger partial charge in [-0.25, -0.2) is 13.1 Å². The number of amides is 1. The van der Waals surface area contributed by atoms with Gasteiger partial charge in [-0.1, -0.05) is 54.6 Å². The van der Waals surface area contributed by atoms with Crippen molar-refractivity contribution >= 4 is 15.9 Å². The zero-order chi connectivity index (χ0) is 23.4. The molecule has 34 heavy (non-hydrogen) atoms. The number of hydrogen-bond donors (Lipinski definition) is 2. The fourth-order valence-electron chi connectivity index (χ4n) is 5.78. The van der Waals surface area contributed by atoms with Crippen molar-refractivity contribution in [2.75, 3.05) is 6.54 Å². The van der Waals surface area contributed by atoms with E-state index >= 15 is 0 Å². The van der Waals surface area contributed by atoms with E-state index in [1.165, 1.54) is 28.3 Å². The Hall–Kier alpha value is -2.96. The van der Waals surface area contributed by atoms with Crippen molar-refractivity contribution in [1.29, 1.82) is 0 Å². The highest BCUT2D eigenvalue weighted by atomic mass is 32.2. The van der Waals surface area contributed by atoms with Gasteiger partial charge in [-0.05, 0) is 72.1 Å². The maximum absolute atomic E-state index is 13.2. The highest BCUT2D eigenvalue weighted by Crippen LogP contribution is 2.55. The maximum atomic E-state index is 13.2. The molecule has 1 amide bonds. The molecule has 6 heteroatoms. The minimum atomic E-state index is -3.61. The molecule has 0 saturated heterocycles. The van der Waals surface area contributed by atoms with Gasteiger partial charge in [0.1, 0.15) is 0 Å². The summed E-state index contributed by atoms with van der Waals surface area (Å²) in [6.45, 7) is 2.40. The summed E-state index contributed by atoms with van der Waals surface area (Å²) in [6.07, 6.45) is 2.74. The molecule has 0 spiro atoms. The quantitative estimate of drug-likeness (QED) is 0.556. The second-order valence-electron chi connectivity index (χ2n) is 9.87. The fourth-order valence-corrected chi connectivity index (χ4v) is 7.11. The molecule has 0 aliphatic heterocycles. The number of sulfonamides is 1. The Morgan fingerprint density at radius 3 is 2.15 bits per heavy atom. The van der Waals surface area contributed by atoms with E-state index in [0.717, 1.165) is 24.8 Å². The molecule has 4 aliphatic rings. The van der Waals surface area contributed by atoms with Crippen molar-refractivity contribution < 1.29 is 13.2 Å². The van der Waals surface area contributed by atoms with Gasteiger partial charge in [0.25, 0.3) is 5.91 Å². The number of benzene rings is 3. The summed E-state index contributed by atoms with van der Waals surface area (Å²) < 4.78 is 28.0. The van der Waals surface area contributed by atoms with E-state index in [1.807, 2.05) is 6.92 Å². The summed E-state index contributed by atoms with van der Waals surface area (Å²) in [5.41, 5.74) is 6.74. The molecule has 0 radical (unpaired) electrons. The lowest BCUT2D eigenvalue weighted by Gasteiger charge is -2.45. The molecule has 4 aliphatic carbocycles. The Kier molecular flexibility index (Phi) is 5.12. The minimum Gasteiger partial charge on any atom is -0.352 e. The van der Waals surface area contributed by atoms with Gasteiger partial charge in [-0.2, -0.15) is 0 Å². The first-order valence-electron chi connectivity index (χ1n) is 12.0. The molecule has 2 bridgehead atoms. The number of fused-ring (bicyclic) bond motifs is 1. The normalized spacial score (nSPS) is 22.7. The van der Waals surface area contributed by atoms with Gasteiger partial charge >= 0.3 is 0 Å². The van der Waals surface area contributed by atoms with E-state index in [2.05, 4.69) is 58.6 Å². The van der Waals surface area contributed by atoms with Crippen LogP contribution in [0.25, 0.3) is 0 Å². The number of rotatable bonds is 6. The van der Waals surface area contributed by atoms with E-state index in [9.17, 15) is 13.2 Å². The van der Waals surface area contributed by atoms with Gasteiger partial charge in [-0.3, -0.25) is 4.79 Å². The smallest absolute Gasteiger partial charge is 0.251 e. The van der Waals surface area contributed by atoms with Crippen LogP contribution in [-0.2, 0) is 10.0 Å². The van der Waals surface area contributed by atoms with Crippen LogP contribution in [0.15, 0.2) is 71.6 Å². The van der Waals surface area contributed by atoms with Crippen molar-refractivity contribution in [3.63, 3.8) is 0 Å². The summed E-state index contributed by atoms with van der Waals surface area (Å²) in [5.74, 6) is 0.683. The van der Waals surface area contributed by atoms with E-state index in [1.54, 1.807) is 12.1 Å². The van der Waals surface area contributed by atoms with E-state index in [-0.39, 0.29) is 22.8 Å². The second-order valence-corrected chi connectivity index (χ2v) is 11.6. The zero-order valence-corrected chi connectivity index (χ0v) is 19.9. The molecule has 3 aromatic carbocycles.